The van der Waals surface area contributed by atoms with Crippen molar-refractivity contribution in [1.29, 1.82) is 0 Å². The van der Waals surface area contributed by atoms with E-state index in [9.17, 15) is 9.50 Å². The number of rotatable bonds is 4. The molecule has 2 nitrogen and oxygen atoms in total. The standard InChI is InChI=1S/C11H15FO2/c1-8-3-4-9(12)7-10(8)11(13)5-6-14-2/h3-4,7,11,13H,5-6H2,1-2H3. The van der Waals surface area contributed by atoms with Crippen LogP contribution in [0.5, 0.6) is 0 Å². The summed E-state index contributed by atoms with van der Waals surface area (Å²) < 4.78 is 17.7. The van der Waals surface area contributed by atoms with E-state index in [0.717, 1.165) is 5.56 Å². The van der Waals surface area contributed by atoms with Gasteiger partial charge in [-0.2, -0.15) is 0 Å². The zero-order chi connectivity index (χ0) is 10.6. The summed E-state index contributed by atoms with van der Waals surface area (Å²) in [5.41, 5.74) is 1.54. The van der Waals surface area contributed by atoms with Gasteiger partial charge in [-0.25, -0.2) is 4.39 Å². The lowest BCUT2D eigenvalue weighted by Crippen LogP contribution is -2.04. The minimum atomic E-state index is -0.648. The van der Waals surface area contributed by atoms with Gasteiger partial charge in [-0.05, 0) is 30.2 Å². The molecule has 1 unspecified atom stereocenters. The van der Waals surface area contributed by atoms with Gasteiger partial charge in [0, 0.05) is 20.1 Å². The first-order valence-electron chi connectivity index (χ1n) is 4.58. The molecule has 0 aliphatic carbocycles. The van der Waals surface area contributed by atoms with Gasteiger partial charge in [-0.15, -0.1) is 0 Å². The summed E-state index contributed by atoms with van der Waals surface area (Å²) in [5.74, 6) is -0.318. The SMILES string of the molecule is COCCC(O)c1cc(F)ccc1C. The van der Waals surface area contributed by atoms with E-state index in [-0.39, 0.29) is 5.82 Å². The molecule has 0 aromatic heterocycles. The topological polar surface area (TPSA) is 29.5 Å². The van der Waals surface area contributed by atoms with Crippen molar-refractivity contribution in [2.75, 3.05) is 13.7 Å². The van der Waals surface area contributed by atoms with Crippen molar-refractivity contribution < 1.29 is 14.2 Å². The summed E-state index contributed by atoms with van der Waals surface area (Å²) >= 11 is 0. The minimum Gasteiger partial charge on any atom is -0.388 e. The molecular formula is C11H15FO2. The number of hydrogen-bond acceptors (Lipinski definition) is 2. The Hall–Kier alpha value is -0.930. The fourth-order valence-electron chi connectivity index (χ4n) is 1.36. The fourth-order valence-corrected chi connectivity index (χ4v) is 1.36. The van der Waals surface area contributed by atoms with Crippen LogP contribution in [0, 0.1) is 12.7 Å². The van der Waals surface area contributed by atoms with Gasteiger partial charge in [-0.3, -0.25) is 0 Å². The normalized spacial score (nSPS) is 12.9. The molecule has 14 heavy (non-hydrogen) atoms. The molecular weight excluding hydrogens is 183 g/mol. The first-order valence-corrected chi connectivity index (χ1v) is 4.58. The van der Waals surface area contributed by atoms with Gasteiger partial charge in [0.15, 0.2) is 0 Å². The van der Waals surface area contributed by atoms with Crippen molar-refractivity contribution in [2.24, 2.45) is 0 Å². The van der Waals surface area contributed by atoms with Crippen LogP contribution in [0.15, 0.2) is 18.2 Å². The lowest BCUT2D eigenvalue weighted by molar-refractivity contribution is 0.110. The smallest absolute Gasteiger partial charge is 0.123 e. The maximum Gasteiger partial charge on any atom is 0.123 e. The van der Waals surface area contributed by atoms with Crippen LogP contribution in [0.3, 0.4) is 0 Å². The summed E-state index contributed by atoms with van der Waals surface area (Å²) in [6, 6.07) is 4.43. The Labute approximate surface area is 83.3 Å². The van der Waals surface area contributed by atoms with Gasteiger partial charge in [0.25, 0.3) is 0 Å². The predicted octanol–water partition coefficient (Wildman–Crippen LogP) is 2.20. The summed E-state index contributed by atoms with van der Waals surface area (Å²) in [4.78, 5) is 0. The number of aliphatic hydroxyl groups excluding tert-OH is 1. The van der Waals surface area contributed by atoms with Gasteiger partial charge < -0.3 is 9.84 Å². The van der Waals surface area contributed by atoms with Crippen molar-refractivity contribution in [3.05, 3.63) is 35.1 Å². The van der Waals surface area contributed by atoms with E-state index in [1.807, 2.05) is 6.92 Å². The van der Waals surface area contributed by atoms with E-state index in [1.54, 1.807) is 13.2 Å². The molecule has 0 saturated heterocycles. The van der Waals surface area contributed by atoms with Gasteiger partial charge in [0.1, 0.15) is 5.82 Å². The lowest BCUT2D eigenvalue weighted by atomic mass is 10.0. The Balaban J connectivity index is 2.77. The molecule has 1 rings (SSSR count). The van der Waals surface area contributed by atoms with Crippen molar-refractivity contribution in [2.45, 2.75) is 19.4 Å². The Kier molecular flexibility index (Phi) is 4.04. The maximum atomic E-state index is 12.9. The van der Waals surface area contributed by atoms with Crippen LogP contribution in [-0.2, 0) is 4.74 Å². The molecule has 0 bridgehead atoms. The molecule has 0 aliphatic heterocycles. The second kappa shape index (κ2) is 5.08. The fraction of sp³-hybridized carbons (Fsp3) is 0.455. The third-order valence-electron chi connectivity index (χ3n) is 2.20. The number of aliphatic hydroxyl groups is 1. The zero-order valence-electron chi connectivity index (χ0n) is 8.46. The second-order valence-corrected chi connectivity index (χ2v) is 3.30. The van der Waals surface area contributed by atoms with E-state index >= 15 is 0 Å². The van der Waals surface area contributed by atoms with Crippen LogP contribution in [0.25, 0.3) is 0 Å². The lowest BCUT2D eigenvalue weighted by Gasteiger charge is -2.13. The number of halogens is 1. The average molecular weight is 198 g/mol. The Morgan fingerprint density at radius 2 is 2.21 bits per heavy atom. The highest BCUT2D eigenvalue weighted by atomic mass is 19.1. The second-order valence-electron chi connectivity index (χ2n) is 3.30. The number of benzene rings is 1. The molecule has 0 spiro atoms. The zero-order valence-corrected chi connectivity index (χ0v) is 8.46. The largest absolute Gasteiger partial charge is 0.388 e. The summed E-state index contributed by atoms with van der Waals surface area (Å²) in [5, 5.41) is 9.71. The average Bonchev–Trinajstić information content (AvgIpc) is 2.18. The first kappa shape index (κ1) is 11.1. The quantitative estimate of drug-likeness (QED) is 0.803. The molecule has 0 amide bonds. The minimum absolute atomic E-state index is 0.318. The van der Waals surface area contributed by atoms with E-state index in [1.165, 1.54) is 12.1 Å². The molecule has 0 heterocycles. The maximum absolute atomic E-state index is 12.9. The predicted molar refractivity (Wildman–Crippen MR) is 52.6 cm³/mol. The van der Waals surface area contributed by atoms with Crippen LogP contribution in [-0.4, -0.2) is 18.8 Å². The van der Waals surface area contributed by atoms with E-state index in [0.29, 0.717) is 18.6 Å². The molecule has 0 radical (unpaired) electrons. The van der Waals surface area contributed by atoms with Crippen LogP contribution >= 0.6 is 0 Å². The molecule has 1 atom stereocenters. The van der Waals surface area contributed by atoms with Crippen LogP contribution in [0.4, 0.5) is 4.39 Å². The number of methoxy groups -OCH3 is 1. The van der Waals surface area contributed by atoms with Crippen molar-refractivity contribution >= 4 is 0 Å². The van der Waals surface area contributed by atoms with Crippen molar-refractivity contribution in [3.63, 3.8) is 0 Å². The van der Waals surface area contributed by atoms with Crippen molar-refractivity contribution in [3.8, 4) is 0 Å². The third kappa shape index (κ3) is 2.79. The molecule has 1 aromatic carbocycles. The number of hydrogen-bond donors (Lipinski definition) is 1. The Bertz CT molecular complexity index is 299. The Morgan fingerprint density at radius 3 is 2.86 bits per heavy atom. The summed E-state index contributed by atoms with van der Waals surface area (Å²) in [7, 11) is 1.57. The monoisotopic (exact) mass is 198 g/mol. The van der Waals surface area contributed by atoms with Crippen molar-refractivity contribution in [1.82, 2.24) is 0 Å². The van der Waals surface area contributed by atoms with Gasteiger partial charge in [-0.1, -0.05) is 6.07 Å². The molecule has 1 aromatic rings. The van der Waals surface area contributed by atoms with Gasteiger partial charge in [0.2, 0.25) is 0 Å². The molecule has 78 valence electrons. The van der Waals surface area contributed by atoms with Gasteiger partial charge >= 0.3 is 0 Å². The first-order chi connectivity index (χ1) is 6.65. The van der Waals surface area contributed by atoms with Crippen LogP contribution in [0.1, 0.15) is 23.7 Å². The highest BCUT2D eigenvalue weighted by Gasteiger charge is 2.10. The van der Waals surface area contributed by atoms with Gasteiger partial charge in [0.05, 0.1) is 6.10 Å². The molecule has 0 aliphatic rings. The number of aryl methyl sites for hydroxylation is 1. The molecule has 1 N–H and O–H groups in total. The summed E-state index contributed by atoms with van der Waals surface area (Å²) in [6.45, 7) is 2.32. The highest BCUT2D eigenvalue weighted by molar-refractivity contribution is 5.28. The number of ether oxygens (including phenoxy) is 1. The Morgan fingerprint density at radius 1 is 1.50 bits per heavy atom. The third-order valence-corrected chi connectivity index (χ3v) is 2.20. The molecule has 3 heteroatoms. The summed E-state index contributed by atoms with van der Waals surface area (Å²) in [6.07, 6.45) is -0.161. The molecule has 0 fully saturated rings. The van der Waals surface area contributed by atoms with Crippen LogP contribution < -0.4 is 0 Å². The molecule has 0 saturated carbocycles. The van der Waals surface area contributed by atoms with Crippen LogP contribution in [0.2, 0.25) is 0 Å². The highest BCUT2D eigenvalue weighted by Crippen LogP contribution is 2.21. The van der Waals surface area contributed by atoms with E-state index in [2.05, 4.69) is 0 Å². The van der Waals surface area contributed by atoms with E-state index < -0.39 is 6.10 Å². The van der Waals surface area contributed by atoms with E-state index in [4.69, 9.17) is 4.74 Å².